The summed E-state index contributed by atoms with van der Waals surface area (Å²) in [5.74, 6) is -1.20. The van der Waals surface area contributed by atoms with E-state index in [2.05, 4.69) is 5.32 Å². The third-order valence-electron chi connectivity index (χ3n) is 2.35. The zero-order chi connectivity index (χ0) is 13.7. The number of anilines is 1. The van der Waals surface area contributed by atoms with Crippen LogP contribution in [0, 0.1) is 0 Å². The van der Waals surface area contributed by atoms with Crippen LogP contribution in [0.1, 0.15) is 30.1 Å². The Morgan fingerprint density at radius 1 is 1.44 bits per heavy atom. The number of nitrogens with one attached hydrogen (secondary N) is 1. The number of carbonyl (C=O) groups excluding carboxylic acids is 1. The number of rotatable bonds is 5. The monoisotopic (exact) mass is 270 g/mol. The zero-order valence-electron chi connectivity index (χ0n) is 9.94. The summed E-state index contributed by atoms with van der Waals surface area (Å²) in [6, 6.07) is 4.35. The number of nitrogens with two attached hydrogens (primary N) is 1. The van der Waals surface area contributed by atoms with Gasteiger partial charge in [-0.3, -0.25) is 9.59 Å². The number of amides is 1. The maximum atomic E-state index is 11.8. The number of hydrogen-bond donors (Lipinski definition) is 3. The minimum absolute atomic E-state index is 0.0130. The summed E-state index contributed by atoms with van der Waals surface area (Å²) in [7, 11) is 0. The molecule has 0 aliphatic rings. The van der Waals surface area contributed by atoms with Gasteiger partial charge in [-0.25, -0.2) is 0 Å². The first-order chi connectivity index (χ1) is 8.38. The fourth-order valence-corrected chi connectivity index (χ4v) is 1.71. The van der Waals surface area contributed by atoms with Crippen LogP contribution in [0.3, 0.4) is 0 Å². The second-order valence-electron chi connectivity index (χ2n) is 4.08. The van der Waals surface area contributed by atoms with Crippen molar-refractivity contribution in [1.29, 1.82) is 0 Å². The zero-order valence-corrected chi connectivity index (χ0v) is 10.7. The van der Waals surface area contributed by atoms with Gasteiger partial charge >= 0.3 is 5.97 Å². The molecule has 1 unspecified atom stereocenters. The maximum Gasteiger partial charge on any atom is 0.303 e. The Morgan fingerprint density at radius 2 is 2.11 bits per heavy atom. The quantitative estimate of drug-likeness (QED) is 0.713. The Hall–Kier alpha value is -1.75. The number of carbonyl (C=O) groups is 2. The highest BCUT2D eigenvalue weighted by Crippen LogP contribution is 2.16. The van der Waals surface area contributed by atoms with Gasteiger partial charge in [0.15, 0.2) is 0 Å². The molecular formula is C12H15ClN2O3. The van der Waals surface area contributed by atoms with E-state index < -0.39 is 5.97 Å². The van der Waals surface area contributed by atoms with Gasteiger partial charge in [0.2, 0.25) is 0 Å². The minimum atomic E-state index is -0.886. The summed E-state index contributed by atoms with van der Waals surface area (Å²) < 4.78 is 0. The molecule has 0 saturated carbocycles. The average molecular weight is 271 g/mol. The van der Waals surface area contributed by atoms with Crippen molar-refractivity contribution >= 4 is 29.2 Å². The Bertz CT molecular complexity index is 442. The first-order valence-corrected chi connectivity index (χ1v) is 5.85. The molecule has 0 aliphatic carbocycles. The fraction of sp³-hybridized carbons (Fsp3) is 0.333. The number of aliphatic carboxylic acids is 1. The number of carboxylic acids is 1. The van der Waals surface area contributed by atoms with Gasteiger partial charge in [-0.15, -0.1) is 0 Å². The van der Waals surface area contributed by atoms with E-state index in [1.807, 2.05) is 0 Å². The summed E-state index contributed by atoms with van der Waals surface area (Å²) >= 11 is 5.80. The number of hydrogen-bond acceptors (Lipinski definition) is 3. The van der Waals surface area contributed by atoms with Crippen LogP contribution in [-0.2, 0) is 4.79 Å². The highest BCUT2D eigenvalue weighted by atomic mass is 35.5. The third-order valence-corrected chi connectivity index (χ3v) is 2.57. The molecule has 0 aliphatic heterocycles. The van der Waals surface area contributed by atoms with Crippen LogP contribution in [0.15, 0.2) is 18.2 Å². The van der Waals surface area contributed by atoms with Crippen molar-refractivity contribution in [1.82, 2.24) is 5.32 Å². The van der Waals surface area contributed by atoms with Crippen LogP contribution < -0.4 is 11.1 Å². The lowest BCUT2D eigenvalue weighted by Crippen LogP contribution is -2.33. The smallest absolute Gasteiger partial charge is 0.303 e. The molecule has 5 nitrogen and oxygen atoms in total. The second kappa shape index (κ2) is 6.26. The van der Waals surface area contributed by atoms with E-state index in [-0.39, 0.29) is 18.4 Å². The molecule has 6 heteroatoms. The first-order valence-electron chi connectivity index (χ1n) is 5.47. The molecule has 1 atom stereocenters. The van der Waals surface area contributed by atoms with Gasteiger partial charge in [0.05, 0.1) is 0 Å². The molecular weight excluding hydrogens is 256 g/mol. The third kappa shape index (κ3) is 4.63. The summed E-state index contributed by atoms with van der Waals surface area (Å²) in [5, 5.41) is 11.6. The van der Waals surface area contributed by atoms with Crippen LogP contribution in [0.4, 0.5) is 5.69 Å². The van der Waals surface area contributed by atoms with Crippen LogP contribution in [0.2, 0.25) is 5.02 Å². The van der Waals surface area contributed by atoms with E-state index in [4.69, 9.17) is 22.4 Å². The largest absolute Gasteiger partial charge is 0.481 e. The Morgan fingerprint density at radius 3 is 2.67 bits per heavy atom. The number of halogens is 1. The van der Waals surface area contributed by atoms with E-state index in [1.165, 1.54) is 12.1 Å². The fourth-order valence-electron chi connectivity index (χ4n) is 1.46. The number of carboxylic acid groups (broad SMARTS) is 1. The van der Waals surface area contributed by atoms with Crippen LogP contribution in [0.25, 0.3) is 0 Å². The molecule has 0 heterocycles. The Kier molecular flexibility index (Phi) is 4.97. The van der Waals surface area contributed by atoms with Gasteiger partial charge in [-0.2, -0.15) is 0 Å². The average Bonchev–Trinajstić information content (AvgIpc) is 2.25. The Labute approximate surface area is 110 Å². The van der Waals surface area contributed by atoms with Crippen molar-refractivity contribution in [2.75, 3.05) is 5.73 Å². The molecule has 98 valence electrons. The standard InChI is InChI=1S/C12H15ClN2O3/c1-7(2-3-11(16)17)15-12(18)8-4-9(13)6-10(14)5-8/h4-7H,2-3,14H2,1H3,(H,15,18)(H,16,17). The predicted molar refractivity (Wildman–Crippen MR) is 69.7 cm³/mol. The van der Waals surface area contributed by atoms with Crippen LogP contribution in [-0.4, -0.2) is 23.0 Å². The predicted octanol–water partition coefficient (Wildman–Crippen LogP) is 1.91. The molecule has 1 aromatic carbocycles. The lowest BCUT2D eigenvalue weighted by molar-refractivity contribution is -0.137. The van der Waals surface area contributed by atoms with E-state index in [0.717, 1.165) is 0 Å². The highest BCUT2D eigenvalue weighted by Gasteiger charge is 2.12. The summed E-state index contributed by atoms with van der Waals surface area (Å²) in [5.41, 5.74) is 6.36. The molecule has 1 aromatic rings. The summed E-state index contributed by atoms with van der Waals surface area (Å²) in [6.45, 7) is 1.74. The SMILES string of the molecule is CC(CCC(=O)O)NC(=O)c1cc(N)cc(Cl)c1. The van der Waals surface area contributed by atoms with E-state index >= 15 is 0 Å². The van der Waals surface area contributed by atoms with Crippen molar-refractivity contribution in [2.24, 2.45) is 0 Å². The van der Waals surface area contributed by atoms with Crippen LogP contribution >= 0.6 is 11.6 Å². The highest BCUT2D eigenvalue weighted by molar-refractivity contribution is 6.31. The van der Waals surface area contributed by atoms with E-state index in [0.29, 0.717) is 22.7 Å². The minimum Gasteiger partial charge on any atom is -0.481 e. The van der Waals surface area contributed by atoms with Gasteiger partial charge in [0.1, 0.15) is 0 Å². The molecule has 0 bridgehead atoms. The maximum absolute atomic E-state index is 11.8. The van der Waals surface area contributed by atoms with Crippen molar-refractivity contribution in [3.05, 3.63) is 28.8 Å². The van der Waals surface area contributed by atoms with Crippen LogP contribution in [0.5, 0.6) is 0 Å². The summed E-state index contributed by atoms with van der Waals surface area (Å²) in [6.07, 6.45) is 0.385. The molecule has 4 N–H and O–H groups in total. The Balaban J connectivity index is 2.61. The second-order valence-corrected chi connectivity index (χ2v) is 4.52. The van der Waals surface area contributed by atoms with Gasteiger partial charge in [0.25, 0.3) is 5.91 Å². The van der Waals surface area contributed by atoms with Crippen molar-refractivity contribution in [3.63, 3.8) is 0 Å². The van der Waals surface area contributed by atoms with E-state index in [9.17, 15) is 9.59 Å². The molecule has 0 aromatic heterocycles. The number of benzene rings is 1. The number of nitrogen functional groups attached to an aromatic ring is 1. The first kappa shape index (κ1) is 14.3. The molecule has 1 amide bonds. The molecule has 0 fully saturated rings. The van der Waals surface area contributed by atoms with Crippen molar-refractivity contribution < 1.29 is 14.7 Å². The molecule has 1 rings (SSSR count). The van der Waals surface area contributed by atoms with Gasteiger partial charge < -0.3 is 16.2 Å². The van der Waals surface area contributed by atoms with Crippen molar-refractivity contribution in [2.45, 2.75) is 25.8 Å². The topological polar surface area (TPSA) is 92.4 Å². The van der Waals surface area contributed by atoms with Crippen molar-refractivity contribution in [3.8, 4) is 0 Å². The summed E-state index contributed by atoms with van der Waals surface area (Å²) in [4.78, 5) is 22.2. The van der Waals surface area contributed by atoms with E-state index in [1.54, 1.807) is 13.0 Å². The van der Waals surface area contributed by atoms with Gasteiger partial charge in [-0.05, 0) is 31.5 Å². The molecule has 0 spiro atoms. The molecule has 0 saturated heterocycles. The normalized spacial score (nSPS) is 11.9. The molecule has 18 heavy (non-hydrogen) atoms. The molecule has 0 radical (unpaired) electrons. The lowest BCUT2D eigenvalue weighted by Gasteiger charge is -2.13. The van der Waals surface area contributed by atoms with Gasteiger partial charge in [-0.1, -0.05) is 11.6 Å². The van der Waals surface area contributed by atoms with Gasteiger partial charge in [0, 0.05) is 28.7 Å². The lowest BCUT2D eigenvalue weighted by atomic mass is 10.1.